The van der Waals surface area contributed by atoms with E-state index in [2.05, 4.69) is 18.8 Å². The van der Waals surface area contributed by atoms with Gasteiger partial charge >= 0.3 is 0 Å². The average molecular weight is 196 g/mol. The molecule has 0 saturated carbocycles. The van der Waals surface area contributed by atoms with Crippen molar-refractivity contribution < 1.29 is 4.74 Å². The maximum atomic E-state index is 11.6. The van der Waals surface area contributed by atoms with Crippen molar-refractivity contribution in [3.63, 3.8) is 0 Å². The fourth-order valence-corrected chi connectivity index (χ4v) is 1.26. The minimum Gasteiger partial charge on any atom is -0.480 e. The predicted molar refractivity (Wildman–Crippen MR) is 54.6 cm³/mol. The summed E-state index contributed by atoms with van der Waals surface area (Å²) in [5.74, 6) is 0.907. The standard InChI is InChI=1S/C10H16N2O2/c1-7(2)5-8-10(13)12(3)6-9(11-8)14-4/h6-7H,5H2,1-4H3. The monoisotopic (exact) mass is 196 g/mol. The van der Waals surface area contributed by atoms with Crippen LogP contribution in [-0.2, 0) is 13.5 Å². The maximum absolute atomic E-state index is 11.6. The molecular formula is C10H16N2O2. The summed E-state index contributed by atoms with van der Waals surface area (Å²) < 4.78 is 6.50. The molecule has 0 saturated heterocycles. The lowest BCUT2D eigenvalue weighted by Gasteiger charge is -2.07. The second-order valence-corrected chi connectivity index (χ2v) is 3.74. The first-order valence-electron chi connectivity index (χ1n) is 4.65. The van der Waals surface area contributed by atoms with Gasteiger partial charge in [-0.15, -0.1) is 0 Å². The molecule has 0 spiro atoms. The van der Waals surface area contributed by atoms with Crippen LogP contribution >= 0.6 is 0 Å². The van der Waals surface area contributed by atoms with Crippen LogP contribution in [0.4, 0.5) is 0 Å². The van der Waals surface area contributed by atoms with Crippen molar-refractivity contribution in [2.75, 3.05) is 7.11 Å². The van der Waals surface area contributed by atoms with Crippen LogP contribution in [0.3, 0.4) is 0 Å². The van der Waals surface area contributed by atoms with Crippen LogP contribution in [0.2, 0.25) is 0 Å². The molecule has 0 aliphatic rings. The van der Waals surface area contributed by atoms with E-state index in [0.29, 0.717) is 23.9 Å². The van der Waals surface area contributed by atoms with Crippen molar-refractivity contribution >= 4 is 0 Å². The van der Waals surface area contributed by atoms with Crippen LogP contribution in [0.15, 0.2) is 11.0 Å². The Balaban J connectivity index is 3.14. The minimum absolute atomic E-state index is 0.0421. The zero-order chi connectivity index (χ0) is 10.7. The molecule has 0 amide bonds. The van der Waals surface area contributed by atoms with Gasteiger partial charge in [0.05, 0.1) is 13.3 Å². The van der Waals surface area contributed by atoms with E-state index in [1.165, 1.54) is 4.57 Å². The number of rotatable bonds is 3. The molecule has 4 heteroatoms. The molecule has 1 aromatic heterocycles. The van der Waals surface area contributed by atoms with Gasteiger partial charge in [-0.05, 0) is 12.3 Å². The average Bonchev–Trinajstić information content (AvgIpc) is 2.11. The molecule has 0 unspecified atom stereocenters. The number of nitrogens with zero attached hydrogens (tertiary/aromatic N) is 2. The van der Waals surface area contributed by atoms with Crippen molar-refractivity contribution in [1.82, 2.24) is 9.55 Å². The van der Waals surface area contributed by atoms with Gasteiger partial charge < -0.3 is 9.30 Å². The Morgan fingerprint density at radius 1 is 1.57 bits per heavy atom. The summed E-state index contributed by atoms with van der Waals surface area (Å²) in [5.41, 5.74) is 0.529. The number of methoxy groups -OCH3 is 1. The molecule has 0 atom stereocenters. The molecule has 1 rings (SSSR count). The normalized spacial score (nSPS) is 10.6. The largest absolute Gasteiger partial charge is 0.480 e. The first-order valence-corrected chi connectivity index (χ1v) is 4.65. The van der Waals surface area contributed by atoms with Crippen LogP contribution in [0.5, 0.6) is 5.88 Å². The molecular weight excluding hydrogens is 180 g/mol. The van der Waals surface area contributed by atoms with Crippen LogP contribution in [0.1, 0.15) is 19.5 Å². The Hall–Kier alpha value is -1.32. The van der Waals surface area contributed by atoms with Gasteiger partial charge in [-0.2, -0.15) is 0 Å². The summed E-state index contributed by atoms with van der Waals surface area (Å²) in [7, 11) is 3.25. The highest BCUT2D eigenvalue weighted by Gasteiger charge is 2.08. The van der Waals surface area contributed by atoms with Crippen molar-refractivity contribution in [1.29, 1.82) is 0 Å². The molecule has 0 radical (unpaired) electrons. The van der Waals surface area contributed by atoms with Gasteiger partial charge in [0, 0.05) is 7.05 Å². The molecule has 0 aliphatic carbocycles. The number of hydrogen-bond donors (Lipinski definition) is 0. The van der Waals surface area contributed by atoms with Crippen LogP contribution < -0.4 is 10.3 Å². The smallest absolute Gasteiger partial charge is 0.272 e. The lowest BCUT2D eigenvalue weighted by molar-refractivity contribution is 0.388. The topological polar surface area (TPSA) is 44.1 Å². The summed E-state index contributed by atoms with van der Waals surface area (Å²) in [4.78, 5) is 15.8. The van der Waals surface area contributed by atoms with E-state index in [0.717, 1.165) is 0 Å². The molecule has 0 aliphatic heterocycles. The highest BCUT2D eigenvalue weighted by molar-refractivity contribution is 5.10. The van der Waals surface area contributed by atoms with E-state index in [4.69, 9.17) is 4.74 Å². The van der Waals surface area contributed by atoms with Gasteiger partial charge in [0.2, 0.25) is 5.88 Å². The van der Waals surface area contributed by atoms with E-state index >= 15 is 0 Å². The highest BCUT2D eigenvalue weighted by atomic mass is 16.5. The van der Waals surface area contributed by atoms with Crippen LogP contribution in [-0.4, -0.2) is 16.7 Å². The van der Waals surface area contributed by atoms with E-state index in [1.54, 1.807) is 20.4 Å². The van der Waals surface area contributed by atoms with E-state index in [1.807, 2.05) is 0 Å². The quantitative estimate of drug-likeness (QED) is 0.724. The van der Waals surface area contributed by atoms with Crippen LogP contribution in [0, 0.1) is 5.92 Å². The number of aryl methyl sites for hydroxylation is 1. The Bertz CT molecular complexity index is 369. The van der Waals surface area contributed by atoms with Gasteiger partial charge in [-0.3, -0.25) is 4.79 Å². The lowest BCUT2D eigenvalue weighted by atomic mass is 10.1. The fraction of sp³-hybridized carbons (Fsp3) is 0.600. The zero-order valence-electron chi connectivity index (χ0n) is 9.07. The second-order valence-electron chi connectivity index (χ2n) is 3.74. The predicted octanol–water partition coefficient (Wildman–Crippen LogP) is 0.987. The van der Waals surface area contributed by atoms with E-state index in [-0.39, 0.29) is 5.56 Å². The van der Waals surface area contributed by atoms with Crippen molar-refractivity contribution in [2.24, 2.45) is 13.0 Å². The lowest BCUT2D eigenvalue weighted by Crippen LogP contribution is -2.23. The van der Waals surface area contributed by atoms with Crippen molar-refractivity contribution in [3.8, 4) is 5.88 Å². The van der Waals surface area contributed by atoms with Gasteiger partial charge in [0.1, 0.15) is 5.69 Å². The van der Waals surface area contributed by atoms with Gasteiger partial charge in [-0.1, -0.05) is 13.8 Å². The van der Waals surface area contributed by atoms with E-state index < -0.39 is 0 Å². The summed E-state index contributed by atoms with van der Waals surface area (Å²) in [6, 6.07) is 0. The first-order chi connectivity index (χ1) is 6.54. The summed E-state index contributed by atoms with van der Waals surface area (Å²) in [5, 5.41) is 0. The van der Waals surface area contributed by atoms with Gasteiger partial charge in [0.15, 0.2) is 0 Å². The van der Waals surface area contributed by atoms with Crippen molar-refractivity contribution in [2.45, 2.75) is 20.3 Å². The van der Waals surface area contributed by atoms with Crippen molar-refractivity contribution in [3.05, 3.63) is 22.2 Å². The third kappa shape index (κ3) is 2.34. The second kappa shape index (κ2) is 4.26. The number of ether oxygens (including phenoxy) is 1. The molecule has 0 bridgehead atoms. The molecule has 0 N–H and O–H groups in total. The Kier molecular flexibility index (Phi) is 3.28. The summed E-state index contributed by atoms with van der Waals surface area (Å²) in [6.45, 7) is 4.11. The molecule has 1 aromatic rings. The summed E-state index contributed by atoms with van der Waals surface area (Å²) >= 11 is 0. The van der Waals surface area contributed by atoms with Gasteiger partial charge in [-0.25, -0.2) is 4.98 Å². The Morgan fingerprint density at radius 3 is 2.71 bits per heavy atom. The molecule has 0 fully saturated rings. The molecule has 0 aromatic carbocycles. The summed E-state index contributed by atoms with van der Waals surface area (Å²) in [6.07, 6.45) is 2.27. The zero-order valence-corrected chi connectivity index (χ0v) is 9.07. The minimum atomic E-state index is -0.0421. The molecule has 4 nitrogen and oxygen atoms in total. The third-order valence-electron chi connectivity index (χ3n) is 1.93. The van der Waals surface area contributed by atoms with Gasteiger partial charge in [0.25, 0.3) is 5.56 Å². The maximum Gasteiger partial charge on any atom is 0.272 e. The highest BCUT2D eigenvalue weighted by Crippen LogP contribution is 2.06. The van der Waals surface area contributed by atoms with E-state index in [9.17, 15) is 4.79 Å². The molecule has 14 heavy (non-hydrogen) atoms. The first kappa shape index (κ1) is 10.8. The fourth-order valence-electron chi connectivity index (χ4n) is 1.26. The SMILES string of the molecule is COc1cn(C)c(=O)c(CC(C)C)n1. The Labute approximate surface area is 83.5 Å². The molecule has 1 heterocycles. The Morgan fingerprint density at radius 2 is 2.21 bits per heavy atom. The molecule has 78 valence electrons. The number of hydrogen-bond acceptors (Lipinski definition) is 3. The van der Waals surface area contributed by atoms with Crippen LogP contribution in [0.25, 0.3) is 0 Å². The number of aromatic nitrogens is 2. The third-order valence-corrected chi connectivity index (χ3v) is 1.93.